The molecule has 0 spiro atoms. The minimum Gasteiger partial charge on any atom is -0.370 e. The zero-order valence-electron chi connectivity index (χ0n) is 12.9. The summed E-state index contributed by atoms with van der Waals surface area (Å²) < 4.78 is 9.60. The number of hydrogen-bond donors (Lipinski definition) is 1. The summed E-state index contributed by atoms with van der Waals surface area (Å²) in [6, 6.07) is 0. The number of nitrogens with one attached hydrogen (secondary N) is 1. The van der Waals surface area contributed by atoms with Crippen LogP contribution in [0.1, 0.15) is 35.3 Å². The molecule has 0 bridgehead atoms. The Morgan fingerprint density at radius 1 is 1.45 bits per heavy atom. The Balaban J connectivity index is 1.66. The van der Waals surface area contributed by atoms with E-state index >= 15 is 0 Å². The van der Waals surface area contributed by atoms with E-state index in [4.69, 9.17) is 4.74 Å². The molecule has 22 heavy (non-hydrogen) atoms. The molecule has 1 fully saturated rings. The topological polar surface area (TPSA) is 74.0 Å². The predicted octanol–water partition coefficient (Wildman–Crippen LogP) is 1.05. The predicted molar refractivity (Wildman–Crippen MR) is 80.2 cm³/mol. The van der Waals surface area contributed by atoms with Gasteiger partial charge in [-0.3, -0.25) is 4.79 Å². The van der Waals surface area contributed by atoms with Crippen LogP contribution in [0.25, 0.3) is 0 Å². The fraction of sp³-hybridized carbons (Fsp3) is 0.533. The average molecular weight is 303 g/mol. The number of ether oxygens (including phenoxy) is 1. The summed E-state index contributed by atoms with van der Waals surface area (Å²) in [5.74, 6) is 1.04. The number of imidazole rings is 2. The second-order valence-electron chi connectivity index (χ2n) is 5.69. The Kier molecular flexibility index (Phi) is 4.24. The van der Waals surface area contributed by atoms with E-state index in [2.05, 4.69) is 15.3 Å². The first-order valence-electron chi connectivity index (χ1n) is 7.50. The van der Waals surface area contributed by atoms with Gasteiger partial charge in [0.15, 0.2) is 0 Å². The van der Waals surface area contributed by atoms with Crippen molar-refractivity contribution in [2.24, 2.45) is 20.0 Å². The third-order valence-electron chi connectivity index (χ3n) is 4.13. The molecule has 2 atom stereocenters. The van der Waals surface area contributed by atoms with E-state index < -0.39 is 0 Å². The highest BCUT2D eigenvalue weighted by Crippen LogP contribution is 2.32. The molecular weight excluding hydrogens is 282 g/mol. The molecule has 1 amide bonds. The molecule has 1 aliphatic rings. The fourth-order valence-corrected chi connectivity index (χ4v) is 2.88. The van der Waals surface area contributed by atoms with E-state index in [-0.39, 0.29) is 17.9 Å². The molecule has 7 nitrogen and oxygen atoms in total. The Morgan fingerprint density at radius 3 is 3.00 bits per heavy atom. The minimum absolute atomic E-state index is 0.0689. The van der Waals surface area contributed by atoms with Crippen molar-refractivity contribution in [1.29, 1.82) is 0 Å². The lowest BCUT2D eigenvalue weighted by molar-refractivity contribution is -0.0338. The molecular formula is C15H21N5O2. The zero-order valence-corrected chi connectivity index (χ0v) is 12.9. The lowest BCUT2D eigenvalue weighted by Gasteiger charge is -2.31. The van der Waals surface area contributed by atoms with Gasteiger partial charge in [-0.1, -0.05) is 0 Å². The molecule has 2 aromatic heterocycles. The van der Waals surface area contributed by atoms with E-state index in [9.17, 15) is 4.79 Å². The van der Waals surface area contributed by atoms with Gasteiger partial charge in [0, 0.05) is 45.6 Å². The molecule has 3 heterocycles. The van der Waals surface area contributed by atoms with Crippen LogP contribution in [-0.4, -0.2) is 38.2 Å². The molecule has 118 valence electrons. The molecule has 3 rings (SSSR count). The van der Waals surface area contributed by atoms with E-state index in [0.29, 0.717) is 12.2 Å². The second-order valence-corrected chi connectivity index (χ2v) is 5.69. The minimum atomic E-state index is -0.107. The van der Waals surface area contributed by atoms with Crippen LogP contribution in [0.15, 0.2) is 24.9 Å². The number of carbonyl (C=O) groups excluding carboxylic acids is 1. The zero-order chi connectivity index (χ0) is 15.5. The van der Waals surface area contributed by atoms with Crippen LogP contribution in [0.2, 0.25) is 0 Å². The van der Waals surface area contributed by atoms with Crippen molar-refractivity contribution in [3.8, 4) is 0 Å². The Hall–Kier alpha value is -2.15. The standard InChI is InChI=1S/C15H21N5O2/c1-19-6-5-17-14(19)13-11(4-3-7-22-13)8-18-15(21)12-9-16-10-20(12)2/h5-6,9-11,13H,3-4,7-8H2,1-2H3,(H,18,21)/t11-,13+/m0/s1. The van der Waals surface area contributed by atoms with Gasteiger partial charge < -0.3 is 19.2 Å². The van der Waals surface area contributed by atoms with Crippen LogP contribution in [-0.2, 0) is 18.8 Å². The molecule has 0 radical (unpaired) electrons. The fourth-order valence-electron chi connectivity index (χ4n) is 2.88. The normalized spacial score (nSPS) is 21.7. The van der Waals surface area contributed by atoms with Crippen LogP contribution in [0.3, 0.4) is 0 Å². The third-order valence-corrected chi connectivity index (χ3v) is 4.13. The Morgan fingerprint density at radius 2 is 2.32 bits per heavy atom. The summed E-state index contributed by atoms with van der Waals surface area (Å²) in [4.78, 5) is 20.6. The Labute approximate surface area is 129 Å². The average Bonchev–Trinajstić information content (AvgIpc) is 3.13. The van der Waals surface area contributed by atoms with Gasteiger partial charge in [0.1, 0.15) is 17.6 Å². The number of hydrogen-bond acceptors (Lipinski definition) is 4. The first-order chi connectivity index (χ1) is 10.7. The summed E-state index contributed by atoms with van der Waals surface area (Å²) in [6.07, 6.45) is 8.84. The number of carbonyl (C=O) groups is 1. The van der Waals surface area contributed by atoms with Crippen LogP contribution in [0, 0.1) is 5.92 Å². The van der Waals surface area contributed by atoms with Crippen molar-refractivity contribution < 1.29 is 9.53 Å². The summed E-state index contributed by atoms with van der Waals surface area (Å²) in [5, 5.41) is 2.99. The number of rotatable bonds is 4. The van der Waals surface area contributed by atoms with Gasteiger partial charge >= 0.3 is 0 Å². The first kappa shape index (κ1) is 14.8. The number of aryl methyl sites for hydroxylation is 2. The quantitative estimate of drug-likeness (QED) is 0.916. The Bertz CT molecular complexity index is 648. The molecule has 0 aliphatic carbocycles. The lowest BCUT2D eigenvalue weighted by Crippen LogP contribution is -2.36. The van der Waals surface area contributed by atoms with Crippen LogP contribution >= 0.6 is 0 Å². The van der Waals surface area contributed by atoms with Crippen molar-refractivity contribution in [3.63, 3.8) is 0 Å². The first-order valence-corrected chi connectivity index (χ1v) is 7.50. The maximum absolute atomic E-state index is 12.2. The smallest absolute Gasteiger partial charge is 0.269 e. The van der Waals surface area contributed by atoms with E-state index in [1.165, 1.54) is 0 Å². The molecule has 1 N–H and O–H groups in total. The summed E-state index contributed by atoms with van der Waals surface area (Å²) in [6.45, 7) is 1.31. The highest BCUT2D eigenvalue weighted by Gasteiger charge is 2.30. The molecule has 7 heteroatoms. The summed E-state index contributed by atoms with van der Waals surface area (Å²) >= 11 is 0. The van der Waals surface area contributed by atoms with Crippen molar-refractivity contribution in [2.45, 2.75) is 18.9 Å². The number of nitrogens with zero attached hydrogens (tertiary/aromatic N) is 4. The molecule has 0 unspecified atom stereocenters. The number of aromatic nitrogens is 4. The van der Waals surface area contributed by atoms with Gasteiger partial charge in [-0.15, -0.1) is 0 Å². The van der Waals surface area contributed by atoms with Crippen molar-refractivity contribution in [1.82, 2.24) is 24.4 Å². The van der Waals surface area contributed by atoms with Crippen LogP contribution < -0.4 is 5.32 Å². The lowest BCUT2D eigenvalue weighted by atomic mass is 9.93. The summed E-state index contributed by atoms with van der Waals surface area (Å²) in [5.41, 5.74) is 0.560. The highest BCUT2D eigenvalue weighted by molar-refractivity contribution is 5.92. The molecule has 0 saturated carbocycles. The number of amides is 1. The molecule has 0 aromatic carbocycles. The van der Waals surface area contributed by atoms with Gasteiger partial charge in [-0.25, -0.2) is 9.97 Å². The van der Waals surface area contributed by atoms with Gasteiger partial charge in [0.05, 0.1) is 12.5 Å². The second kappa shape index (κ2) is 6.31. The largest absolute Gasteiger partial charge is 0.370 e. The van der Waals surface area contributed by atoms with Gasteiger partial charge in [0.25, 0.3) is 5.91 Å². The molecule has 1 saturated heterocycles. The van der Waals surface area contributed by atoms with Gasteiger partial charge in [-0.05, 0) is 12.8 Å². The van der Waals surface area contributed by atoms with Crippen molar-refractivity contribution >= 4 is 5.91 Å². The van der Waals surface area contributed by atoms with E-state index in [1.54, 1.807) is 23.3 Å². The van der Waals surface area contributed by atoms with Crippen molar-refractivity contribution in [2.75, 3.05) is 13.2 Å². The molecule has 1 aliphatic heterocycles. The van der Waals surface area contributed by atoms with E-state index in [1.807, 2.05) is 24.9 Å². The highest BCUT2D eigenvalue weighted by atomic mass is 16.5. The van der Waals surface area contributed by atoms with Gasteiger partial charge in [-0.2, -0.15) is 0 Å². The monoisotopic (exact) mass is 303 g/mol. The molecule has 2 aromatic rings. The SMILES string of the molecule is Cn1cncc1C(=O)NC[C@@H]1CCCO[C@H]1c1nccn1C. The van der Waals surface area contributed by atoms with Crippen LogP contribution in [0.4, 0.5) is 0 Å². The third kappa shape index (κ3) is 2.89. The van der Waals surface area contributed by atoms with Crippen molar-refractivity contribution in [3.05, 3.63) is 36.4 Å². The van der Waals surface area contributed by atoms with E-state index in [0.717, 1.165) is 25.3 Å². The van der Waals surface area contributed by atoms with Gasteiger partial charge in [0.2, 0.25) is 0 Å². The maximum atomic E-state index is 12.2. The maximum Gasteiger partial charge on any atom is 0.269 e. The summed E-state index contributed by atoms with van der Waals surface area (Å²) in [7, 11) is 3.77. The van der Waals surface area contributed by atoms with Crippen LogP contribution in [0.5, 0.6) is 0 Å².